The van der Waals surface area contributed by atoms with Crippen LogP contribution in [0.25, 0.3) is 10.2 Å². The number of rotatable bonds is 10. The van der Waals surface area contributed by atoms with Gasteiger partial charge in [0, 0.05) is 17.5 Å². The molecule has 0 unspecified atom stereocenters. The van der Waals surface area contributed by atoms with E-state index in [1.165, 1.54) is 35.0 Å². The van der Waals surface area contributed by atoms with Crippen molar-refractivity contribution in [2.45, 2.75) is 76.5 Å². The smallest absolute Gasteiger partial charge is 0.263 e. The summed E-state index contributed by atoms with van der Waals surface area (Å²) in [5, 5.41) is 4.43. The van der Waals surface area contributed by atoms with Crippen LogP contribution in [0.4, 0.5) is 0 Å². The van der Waals surface area contributed by atoms with Crippen molar-refractivity contribution in [2.75, 3.05) is 5.75 Å². The molecule has 1 N–H and O–H groups in total. The molecule has 0 aromatic carbocycles. The highest BCUT2D eigenvalue weighted by molar-refractivity contribution is 7.99. The first-order valence-electron chi connectivity index (χ1n) is 10.1. The monoisotopic (exact) mass is 419 g/mol. The SMILES string of the molecule is C=CCn1c(SCC(=O)N[C@H](C)CCCCC)nc2sc3c(c2c1=O)CCC3. The maximum atomic E-state index is 13.1. The number of fused-ring (bicyclic) bond motifs is 3. The number of aromatic nitrogens is 2. The Bertz CT molecular complexity index is 916. The second-order valence-corrected chi connectivity index (χ2v) is 9.42. The third kappa shape index (κ3) is 4.69. The minimum Gasteiger partial charge on any atom is -0.353 e. The van der Waals surface area contributed by atoms with E-state index in [1.807, 2.05) is 6.92 Å². The third-order valence-corrected chi connectivity index (χ3v) is 7.24. The number of carbonyl (C=O) groups is 1. The highest BCUT2D eigenvalue weighted by Gasteiger charge is 2.23. The molecule has 2 aromatic rings. The summed E-state index contributed by atoms with van der Waals surface area (Å²) in [6.07, 6.45) is 9.33. The maximum Gasteiger partial charge on any atom is 0.263 e. The van der Waals surface area contributed by atoms with Crippen LogP contribution in [0.1, 0.15) is 56.4 Å². The average Bonchev–Trinajstić information content (AvgIpc) is 3.23. The van der Waals surface area contributed by atoms with Gasteiger partial charge < -0.3 is 5.32 Å². The van der Waals surface area contributed by atoms with Gasteiger partial charge >= 0.3 is 0 Å². The second-order valence-electron chi connectivity index (χ2n) is 7.39. The van der Waals surface area contributed by atoms with Crippen LogP contribution in [0.2, 0.25) is 0 Å². The van der Waals surface area contributed by atoms with Crippen molar-refractivity contribution >= 4 is 39.2 Å². The van der Waals surface area contributed by atoms with Gasteiger partial charge in [0.1, 0.15) is 4.83 Å². The molecule has 5 nitrogen and oxygen atoms in total. The minimum atomic E-state index is -0.0119. The van der Waals surface area contributed by atoms with E-state index in [1.54, 1.807) is 22.0 Å². The summed E-state index contributed by atoms with van der Waals surface area (Å²) in [5.41, 5.74) is 1.19. The largest absolute Gasteiger partial charge is 0.353 e. The van der Waals surface area contributed by atoms with Gasteiger partial charge in [-0.3, -0.25) is 14.2 Å². The van der Waals surface area contributed by atoms with Crippen molar-refractivity contribution < 1.29 is 4.79 Å². The predicted molar refractivity (Wildman–Crippen MR) is 119 cm³/mol. The molecule has 1 amide bonds. The molecule has 0 radical (unpaired) electrons. The maximum absolute atomic E-state index is 13.1. The van der Waals surface area contributed by atoms with E-state index in [4.69, 9.17) is 4.98 Å². The van der Waals surface area contributed by atoms with Crippen LogP contribution in [-0.4, -0.2) is 27.3 Å². The number of thioether (sulfide) groups is 1. The van der Waals surface area contributed by atoms with Gasteiger partial charge in [-0.15, -0.1) is 17.9 Å². The van der Waals surface area contributed by atoms with Gasteiger partial charge in [-0.1, -0.05) is 44.0 Å². The van der Waals surface area contributed by atoms with Gasteiger partial charge in [0.25, 0.3) is 5.56 Å². The zero-order valence-electron chi connectivity index (χ0n) is 16.8. The van der Waals surface area contributed by atoms with E-state index in [0.29, 0.717) is 11.7 Å². The lowest BCUT2D eigenvalue weighted by Gasteiger charge is -2.14. The molecule has 1 aliphatic carbocycles. The number of hydrogen-bond acceptors (Lipinski definition) is 5. The van der Waals surface area contributed by atoms with Gasteiger partial charge in [-0.2, -0.15) is 0 Å². The Hall–Kier alpha value is -1.60. The molecule has 0 saturated heterocycles. The molecule has 0 bridgehead atoms. The number of hydrogen-bond donors (Lipinski definition) is 1. The van der Waals surface area contributed by atoms with Crippen LogP contribution in [0.15, 0.2) is 22.6 Å². The van der Waals surface area contributed by atoms with Crippen LogP contribution in [0.5, 0.6) is 0 Å². The Morgan fingerprint density at radius 3 is 3.00 bits per heavy atom. The summed E-state index contributed by atoms with van der Waals surface area (Å²) >= 11 is 2.97. The molecular weight excluding hydrogens is 390 g/mol. The number of unbranched alkanes of at least 4 members (excludes halogenated alkanes) is 2. The zero-order valence-corrected chi connectivity index (χ0v) is 18.4. The fraction of sp³-hybridized carbons (Fsp3) is 0.571. The molecule has 1 aliphatic rings. The fourth-order valence-electron chi connectivity index (χ4n) is 3.68. The van der Waals surface area contributed by atoms with Crippen LogP contribution in [-0.2, 0) is 24.2 Å². The summed E-state index contributed by atoms with van der Waals surface area (Å²) in [7, 11) is 0. The number of carbonyl (C=O) groups excluding carboxylic acids is 1. The lowest BCUT2D eigenvalue weighted by molar-refractivity contribution is -0.119. The average molecular weight is 420 g/mol. The number of aryl methyl sites for hydroxylation is 2. The fourth-order valence-corrected chi connectivity index (χ4v) is 5.80. The Balaban J connectivity index is 1.73. The molecule has 2 heterocycles. The highest BCUT2D eigenvalue weighted by Crippen LogP contribution is 2.35. The highest BCUT2D eigenvalue weighted by atomic mass is 32.2. The molecule has 28 heavy (non-hydrogen) atoms. The number of amides is 1. The quantitative estimate of drug-likeness (QED) is 0.270. The summed E-state index contributed by atoms with van der Waals surface area (Å²) in [4.78, 5) is 32.3. The number of nitrogens with zero attached hydrogens (tertiary/aromatic N) is 2. The van der Waals surface area contributed by atoms with Gasteiger partial charge in [0.05, 0.1) is 11.1 Å². The molecule has 0 spiro atoms. The van der Waals surface area contributed by atoms with Gasteiger partial charge in [0.2, 0.25) is 5.91 Å². The summed E-state index contributed by atoms with van der Waals surface area (Å²) in [6.45, 7) is 8.40. The Labute approximate surface area is 174 Å². The second kappa shape index (κ2) is 9.74. The Kier molecular flexibility index (Phi) is 7.35. The van der Waals surface area contributed by atoms with Crippen molar-refractivity contribution in [3.05, 3.63) is 33.4 Å². The van der Waals surface area contributed by atoms with Gasteiger partial charge in [0.15, 0.2) is 5.16 Å². The standard InChI is InChI=1S/C21H29N3O2S2/c1-4-6-7-9-14(3)22-17(25)13-27-21-23-19-18(20(26)24(21)12-5-2)15-10-8-11-16(15)28-19/h5,14H,2,4,6-13H2,1,3H3,(H,22,25)/t14-/m1/s1. The molecule has 7 heteroatoms. The normalized spacial score (nSPS) is 14.2. The summed E-state index contributed by atoms with van der Waals surface area (Å²) in [5.74, 6) is 0.250. The van der Waals surface area contributed by atoms with Crippen molar-refractivity contribution in [1.82, 2.24) is 14.9 Å². The van der Waals surface area contributed by atoms with Crippen LogP contribution in [0.3, 0.4) is 0 Å². The van der Waals surface area contributed by atoms with Crippen LogP contribution < -0.4 is 10.9 Å². The van der Waals surface area contributed by atoms with E-state index in [0.717, 1.165) is 42.3 Å². The molecule has 3 rings (SSSR count). The molecule has 152 valence electrons. The molecular formula is C21H29N3O2S2. The molecule has 1 atom stereocenters. The Morgan fingerprint density at radius 2 is 2.25 bits per heavy atom. The number of thiophene rings is 1. The van der Waals surface area contributed by atoms with Crippen molar-refractivity contribution in [3.8, 4) is 0 Å². The van der Waals surface area contributed by atoms with Crippen LogP contribution in [0, 0.1) is 0 Å². The third-order valence-electron chi connectivity index (χ3n) is 5.08. The topological polar surface area (TPSA) is 64.0 Å². The first-order chi connectivity index (χ1) is 13.5. The molecule has 0 saturated carbocycles. The minimum absolute atomic E-state index is 0.000131. The van der Waals surface area contributed by atoms with E-state index < -0.39 is 0 Å². The zero-order chi connectivity index (χ0) is 20.1. The summed E-state index contributed by atoms with van der Waals surface area (Å²) < 4.78 is 1.66. The van der Waals surface area contributed by atoms with E-state index in [9.17, 15) is 9.59 Å². The van der Waals surface area contributed by atoms with Crippen molar-refractivity contribution in [2.24, 2.45) is 0 Å². The lowest BCUT2D eigenvalue weighted by atomic mass is 10.1. The van der Waals surface area contributed by atoms with E-state index in [2.05, 4.69) is 18.8 Å². The Morgan fingerprint density at radius 1 is 1.43 bits per heavy atom. The van der Waals surface area contributed by atoms with Crippen molar-refractivity contribution in [3.63, 3.8) is 0 Å². The molecule has 0 aliphatic heterocycles. The van der Waals surface area contributed by atoms with Crippen molar-refractivity contribution in [1.29, 1.82) is 0 Å². The molecule has 0 fully saturated rings. The van der Waals surface area contributed by atoms with Gasteiger partial charge in [-0.25, -0.2) is 4.98 Å². The van der Waals surface area contributed by atoms with E-state index in [-0.39, 0.29) is 23.3 Å². The van der Waals surface area contributed by atoms with E-state index >= 15 is 0 Å². The number of nitrogens with one attached hydrogen (secondary N) is 1. The lowest BCUT2D eigenvalue weighted by Crippen LogP contribution is -2.34. The molecule has 2 aromatic heterocycles. The summed E-state index contributed by atoms with van der Waals surface area (Å²) in [6, 6.07) is 0.172. The number of allylic oxidation sites excluding steroid dienone is 1. The predicted octanol–water partition coefficient (Wildman–Crippen LogP) is 4.31. The van der Waals surface area contributed by atoms with Gasteiger partial charge in [-0.05, 0) is 38.2 Å². The first-order valence-corrected chi connectivity index (χ1v) is 11.9. The van der Waals surface area contributed by atoms with Crippen LogP contribution >= 0.6 is 23.1 Å². The first kappa shape index (κ1) is 21.1.